The molecule has 17 N–H and O–H groups in total. The van der Waals surface area contributed by atoms with Crippen LogP contribution in [0.5, 0.6) is 28.7 Å². The number of nitrogens with two attached hydrogens (primary N) is 2. The maximum Gasteiger partial charge on any atom is 0.451 e. The summed E-state index contributed by atoms with van der Waals surface area (Å²) < 4.78 is 156. The Morgan fingerprint density at radius 2 is 0.636 bits per heavy atom. The molecule has 5 rings (SSSR count). The number of para-hydroxylation sites is 5. The van der Waals surface area contributed by atoms with Crippen molar-refractivity contribution in [2.75, 3.05) is 73.2 Å². The van der Waals surface area contributed by atoms with Crippen LogP contribution in [0.2, 0.25) is 0 Å². The molecule has 0 aliphatic carbocycles. The minimum absolute atomic E-state index is 0.00507. The van der Waals surface area contributed by atoms with Gasteiger partial charge in [0.2, 0.25) is 0 Å². The second kappa shape index (κ2) is 64.0. The number of aromatic carboxylic acids is 3. The number of aliphatic hydroxyl groups is 1. The number of thiol groups is 2. The topological polar surface area (TPSA) is 656 Å². The average Bonchev–Trinajstić information content (AvgIpc) is 0.841. The number of carboxylic acid groups (broad SMARTS) is 3. The van der Waals surface area contributed by atoms with Crippen molar-refractivity contribution in [3.8, 4) is 41.6 Å². The summed E-state index contributed by atoms with van der Waals surface area (Å²) in [6.45, 7) is 26.2. The first-order chi connectivity index (χ1) is 54.3. The lowest BCUT2D eigenvalue weighted by molar-refractivity contribution is 0.0530. The van der Waals surface area contributed by atoms with Gasteiger partial charge >= 0.3 is 89.7 Å². The number of amides is 3. The largest absolute Gasteiger partial charge is 0.507 e. The molecule has 0 saturated heterocycles. The summed E-state index contributed by atoms with van der Waals surface area (Å²) >= 11 is 7.55. The maximum atomic E-state index is 11.9. The van der Waals surface area contributed by atoms with Gasteiger partial charge < -0.3 is 95.2 Å². The van der Waals surface area contributed by atoms with Gasteiger partial charge in [0.1, 0.15) is 85.9 Å². The van der Waals surface area contributed by atoms with Crippen molar-refractivity contribution in [2.45, 2.75) is 132 Å². The number of carboxylic acids is 3. The van der Waals surface area contributed by atoms with Gasteiger partial charge in [0.05, 0.1) is 26.4 Å². The summed E-state index contributed by atoms with van der Waals surface area (Å²) in [7, 11) is -10.2. The number of hydrogen-bond acceptors (Lipinski definition) is 34. The van der Waals surface area contributed by atoms with Crippen molar-refractivity contribution in [2.24, 2.45) is 11.5 Å². The normalized spacial score (nSPS) is 10.5. The quantitative estimate of drug-likeness (QED) is 0.0169. The molecule has 0 aliphatic heterocycles. The van der Waals surface area contributed by atoms with Crippen molar-refractivity contribution >= 4 is 115 Å². The Bertz CT molecular complexity index is 4160. The Hall–Kier alpha value is -10.0. The number of aliphatic hydroxyl groups excluding tert-OH is 1. The van der Waals surface area contributed by atoms with Crippen LogP contribution in [0.15, 0.2) is 121 Å². The molecule has 0 aliphatic rings. The summed E-state index contributed by atoms with van der Waals surface area (Å²) in [5.74, 6) is -5.25. The van der Waals surface area contributed by atoms with E-state index in [4.69, 9.17) is 77.8 Å². The SMILES string of the molecule is CC(C)(C)Oc1ccccc1C(=O)O.CC(C)(C)Oc1ccccc1C(=O)OS(=O)(=O)OCCS.CN.CN.CNC(=O)OC(C)(C)C.CNC(=O)OC(C)(C)C.CNC(=O)OC(C)(C)C.O=C(O)c1ccccc1O.O=C(O)c1ccccc1O.O=C(OS(=O)(=O)OCCS)c1ccccc1O.O=S(=O)(O)O.O=S(=O)(O)OCCO.[2H]C#C. The van der Waals surface area contributed by atoms with E-state index in [9.17, 15) is 68.7 Å². The van der Waals surface area contributed by atoms with E-state index >= 15 is 0 Å². The standard InChI is InChI=1S/C13H18O6S2.C11H14O3.C9H10O6S2.2C7H6O3.3C6H13NO2.C2H6O5S.C2H2.2CH5N.H2O4S/c1-13(2,3)18-11-7-5-4-6-10(11)12(14)19-21(15,16)17-8-9-20;1-11(2,3)14-9-7-5-4-6-8(9)10(12)13;10-8-4-2-1-3-7(8)9(11)15-17(12,13)14-5-6-16;2*8-6-4-2-1-3-5(6)7(9)10;3*1-6(2,3)9-5(8)7-4;3-1-2-7-8(4,5)6;3*1-2;1-5(2,3)4/h4-7,20H,8-9H2,1-3H3;4-7H,1-3H3,(H,12,13);1-4,10,16H,5-6H2;2*1-4,8H,(H,9,10);3*1-4H3,(H,7,8);3H,1-2H2,(H,4,5,6);1-2H;2*2H2,1H3;(H2,1,2,3,4)/i;;;;;;;;;1D;;;. The molecule has 0 unspecified atom stereocenters. The van der Waals surface area contributed by atoms with Gasteiger partial charge in [-0.25, -0.2) is 50.9 Å². The van der Waals surface area contributed by atoms with E-state index in [1.54, 1.807) is 60.7 Å². The molecule has 0 bridgehead atoms. The zero-order valence-electron chi connectivity index (χ0n) is 69.6. The third-order valence-electron chi connectivity index (χ3n) is 9.58. The number of phenolic OH excluding ortho intramolecular Hbond substituents is 1. The number of nitrogens with one attached hydrogen (secondary N) is 3. The molecule has 47 heteroatoms. The fraction of sp³-hybridized carbons (Fsp3) is 0.437. The summed E-state index contributed by atoms with van der Waals surface area (Å²) in [5, 5.41) is 67.8. The zero-order valence-corrected chi connectivity index (χ0v) is 73.7. The minimum Gasteiger partial charge on any atom is -0.507 e. The molecule has 0 fully saturated rings. The number of terminal acetylenes is 1. The van der Waals surface area contributed by atoms with Crippen molar-refractivity contribution in [3.63, 3.8) is 0 Å². The molecule has 3 amide bonds. The first-order valence-electron chi connectivity index (χ1n) is 33.5. The maximum absolute atomic E-state index is 11.9. The van der Waals surface area contributed by atoms with Gasteiger partial charge in [0.25, 0.3) is 0 Å². The van der Waals surface area contributed by atoms with E-state index in [2.05, 4.69) is 80.0 Å². The second-order valence-corrected chi connectivity index (χ2v) is 30.5. The number of carbonyl (C=O) groups excluding carboxylic acids is 5. The number of ether oxygens (including phenoxy) is 5. The third-order valence-corrected chi connectivity index (χ3v) is 12.0. The van der Waals surface area contributed by atoms with Gasteiger partial charge in [-0.2, -0.15) is 58.9 Å². The molecule has 0 radical (unpaired) electrons. The zero-order chi connectivity index (χ0) is 95.2. The van der Waals surface area contributed by atoms with Crippen LogP contribution in [0.25, 0.3) is 0 Å². The van der Waals surface area contributed by atoms with E-state index in [1.807, 2.05) is 104 Å². The summed E-state index contributed by atoms with van der Waals surface area (Å²) in [6, 6.07) is 29.9. The lowest BCUT2D eigenvalue weighted by Gasteiger charge is -2.22. The van der Waals surface area contributed by atoms with Crippen LogP contribution in [0, 0.1) is 12.8 Å². The molecule has 674 valence electrons. The van der Waals surface area contributed by atoms with Crippen LogP contribution >= 0.6 is 25.3 Å². The highest BCUT2D eigenvalue weighted by atomic mass is 32.3. The highest BCUT2D eigenvalue weighted by Gasteiger charge is 2.26. The van der Waals surface area contributed by atoms with Gasteiger partial charge in [-0.05, 0) is 179 Å². The number of phenols is 3. The third kappa shape index (κ3) is 79.8. The molecule has 118 heavy (non-hydrogen) atoms. The Labute approximate surface area is 701 Å². The average molecular weight is 1810 g/mol. The van der Waals surface area contributed by atoms with E-state index in [0.29, 0.717) is 5.75 Å². The highest BCUT2D eigenvalue weighted by Crippen LogP contribution is 2.26. The molecule has 0 heterocycles. The number of carbonyl (C=O) groups is 8. The Balaban J connectivity index is -0.000000194. The Kier molecular flexibility index (Phi) is 65.7. The number of hydrogen-bond donors (Lipinski definition) is 17. The van der Waals surface area contributed by atoms with Crippen molar-refractivity contribution < 1.29 is 167 Å². The van der Waals surface area contributed by atoms with E-state index in [1.165, 1.54) is 102 Å². The van der Waals surface area contributed by atoms with Gasteiger partial charge in [0.15, 0.2) is 0 Å². The highest BCUT2D eigenvalue weighted by molar-refractivity contribution is 7.83. The monoisotopic (exact) mass is 1800 g/mol. The van der Waals surface area contributed by atoms with Crippen LogP contribution < -0.4 is 36.9 Å². The smallest absolute Gasteiger partial charge is 0.451 e. The number of aromatic hydroxyl groups is 3. The van der Waals surface area contributed by atoms with E-state index in [0.717, 1.165) is 0 Å². The molecule has 0 spiro atoms. The molecular weight excluding hydrogens is 1690 g/mol. The summed E-state index contributed by atoms with van der Waals surface area (Å²) in [4.78, 5) is 86.2. The van der Waals surface area contributed by atoms with Crippen molar-refractivity contribution in [3.05, 3.63) is 149 Å². The first-order valence-corrected chi connectivity index (χ1v) is 39.7. The van der Waals surface area contributed by atoms with Gasteiger partial charge in [-0.15, -0.1) is 12.8 Å². The molecule has 5 aromatic rings. The molecule has 41 nitrogen and oxygen atoms in total. The molecular formula is C71H113N5O36S6. The predicted octanol–water partition coefficient (Wildman–Crippen LogP) is 8.66. The van der Waals surface area contributed by atoms with Crippen molar-refractivity contribution in [1.82, 2.24) is 16.0 Å². The van der Waals surface area contributed by atoms with Crippen LogP contribution in [0.4, 0.5) is 14.4 Å². The fourth-order valence-electron chi connectivity index (χ4n) is 5.80. The molecule has 0 atom stereocenters. The minimum atomic E-state index is -4.67. The van der Waals surface area contributed by atoms with Gasteiger partial charge in [-0.1, -0.05) is 60.7 Å². The summed E-state index contributed by atoms with van der Waals surface area (Å²) in [5.41, 5.74) is 6.72. The van der Waals surface area contributed by atoms with E-state index in [-0.39, 0.29) is 116 Å². The lowest BCUT2D eigenvalue weighted by atomic mass is 10.1. The Morgan fingerprint density at radius 3 is 0.831 bits per heavy atom. The number of alkyl carbamates (subject to hydrolysis) is 3. The molecule has 0 saturated carbocycles. The first kappa shape index (κ1) is 121. The van der Waals surface area contributed by atoms with Crippen LogP contribution in [0.1, 0.15) is 157 Å². The van der Waals surface area contributed by atoms with Crippen LogP contribution in [0.3, 0.4) is 0 Å². The van der Waals surface area contributed by atoms with E-state index < -0.39 is 90.3 Å². The van der Waals surface area contributed by atoms with Crippen LogP contribution in [-0.4, -0.2) is 232 Å². The summed E-state index contributed by atoms with van der Waals surface area (Å²) in [6.07, 6.45) is 4.60. The lowest BCUT2D eigenvalue weighted by Crippen LogP contribution is -2.30. The Morgan fingerprint density at radius 1 is 0.407 bits per heavy atom. The van der Waals surface area contributed by atoms with Crippen LogP contribution in [-0.2, 0) is 76.7 Å². The molecule has 5 aromatic carbocycles. The predicted molar refractivity (Wildman–Crippen MR) is 442 cm³/mol. The number of benzene rings is 5. The van der Waals surface area contributed by atoms with Gasteiger partial charge in [0, 0.05) is 32.6 Å². The molecule has 0 aromatic heterocycles. The number of rotatable bonds is 18. The fourth-order valence-corrected chi connectivity index (χ4v) is 7.74. The second-order valence-electron chi connectivity index (χ2n) is 25.2. The van der Waals surface area contributed by atoms with Crippen molar-refractivity contribution in [1.29, 1.82) is 0 Å². The van der Waals surface area contributed by atoms with Gasteiger partial charge in [-0.3, -0.25) is 13.7 Å².